The fraction of sp³-hybridized carbons (Fsp3) is 0.150. The normalized spacial score (nSPS) is 12.5. The summed E-state index contributed by atoms with van der Waals surface area (Å²) in [6.07, 6.45) is 3.22. The lowest BCUT2D eigenvalue weighted by molar-refractivity contribution is 0.536. The molecule has 0 aliphatic rings. The lowest BCUT2D eigenvalue weighted by atomic mass is 10.2. The Balaban J connectivity index is 2.14. The predicted octanol–water partition coefficient (Wildman–Crippen LogP) is 2.90. The van der Waals surface area contributed by atoms with Crippen molar-refractivity contribution < 1.29 is 4.74 Å². The summed E-state index contributed by atoms with van der Waals surface area (Å²) in [5.41, 5.74) is 1.40. The van der Waals surface area contributed by atoms with Crippen LogP contribution >= 0.6 is 23.2 Å². The number of ether oxygens (including phenoxy) is 1. The van der Waals surface area contributed by atoms with E-state index in [0.717, 1.165) is 11.3 Å². The average molecular weight is 404 g/mol. The Labute approximate surface area is 166 Å². The number of hydrogen-bond acceptors (Lipinski definition) is 3. The number of para-hydroxylation sites is 1. The van der Waals surface area contributed by atoms with Crippen LogP contribution in [-0.2, 0) is 0 Å². The summed E-state index contributed by atoms with van der Waals surface area (Å²) in [4.78, 5) is 14.7. The van der Waals surface area contributed by atoms with Gasteiger partial charge in [-0.2, -0.15) is 0 Å². The van der Waals surface area contributed by atoms with E-state index in [9.17, 15) is 4.79 Å². The van der Waals surface area contributed by atoms with Gasteiger partial charge in [0.2, 0.25) is 0 Å². The zero-order valence-corrected chi connectivity index (χ0v) is 16.7. The van der Waals surface area contributed by atoms with E-state index in [1.807, 2.05) is 51.4 Å². The molecule has 3 rings (SSSR count). The van der Waals surface area contributed by atoms with Crippen molar-refractivity contribution in [2.75, 3.05) is 14.1 Å². The molecular weight excluding hydrogens is 385 g/mol. The zero-order chi connectivity index (χ0) is 19.6. The van der Waals surface area contributed by atoms with Crippen molar-refractivity contribution in [2.45, 2.75) is 6.92 Å². The second-order valence-electron chi connectivity index (χ2n) is 6.28. The number of aromatic nitrogens is 2. The van der Waals surface area contributed by atoms with Crippen LogP contribution in [0.5, 0.6) is 5.75 Å². The lowest BCUT2D eigenvalue weighted by Gasteiger charge is -2.05. The second kappa shape index (κ2) is 7.94. The van der Waals surface area contributed by atoms with Gasteiger partial charge in [0.1, 0.15) is 17.4 Å². The van der Waals surface area contributed by atoms with Gasteiger partial charge in [-0.3, -0.25) is 9.89 Å². The van der Waals surface area contributed by atoms with E-state index in [0.29, 0.717) is 26.4 Å². The van der Waals surface area contributed by atoms with Crippen LogP contribution in [0.4, 0.5) is 0 Å². The molecule has 0 aliphatic heterocycles. The van der Waals surface area contributed by atoms with Crippen molar-refractivity contribution in [2.24, 2.45) is 0 Å². The van der Waals surface area contributed by atoms with Crippen LogP contribution in [0.1, 0.15) is 5.56 Å². The van der Waals surface area contributed by atoms with Crippen LogP contribution in [0.2, 0.25) is 10.0 Å². The standard InChI is InChI=1S/C20H19Cl2N3O2/c1-13-9-19(17(22)10-16(13)21)27-12-18-15(11-24(2)3)20(26)25(23-18)14-7-5-4-6-8-14/h4-12,23H,1-3H3/b15-11?,18-12-. The highest BCUT2D eigenvalue weighted by Crippen LogP contribution is 2.30. The fourth-order valence-electron chi connectivity index (χ4n) is 2.54. The number of H-pyrrole nitrogens is 1. The zero-order valence-electron chi connectivity index (χ0n) is 15.2. The summed E-state index contributed by atoms with van der Waals surface area (Å²) in [5, 5.41) is 5.05. The third-order valence-corrected chi connectivity index (χ3v) is 4.58. The van der Waals surface area contributed by atoms with E-state index in [4.69, 9.17) is 27.9 Å². The molecule has 140 valence electrons. The van der Waals surface area contributed by atoms with Crippen molar-refractivity contribution in [3.05, 3.63) is 79.0 Å². The number of aryl methyl sites for hydroxylation is 1. The smallest absolute Gasteiger partial charge is 0.280 e. The number of halogens is 2. The number of nitrogens with one attached hydrogen (secondary N) is 1. The SMILES string of the molecule is Cc1cc(O/C=c2\[nH]n(-c3ccccc3)c(=O)c2=CN(C)C)c(Cl)cc1Cl. The largest absolute Gasteiger partial charge is 0.461 e. The predicted molar refractivity (Wildman–Crippen MR) is 110 cm³/mol. The van der Waals surface area contributed by atoms with Crippen LogP contribution in [0.15, 0.2) is 47.3 Å². The Morgan fingerprint density at radius 3 is 2.48 bits per heavy atom. The van der Waals surface area contributed by atoms with E-state index in [1.165, 1.54) is 10.9 Å². The lowest BCUT2D eigenvalue weighted by Crippen LogP contribution is -2.36. The summed E-state index contributed by atoms with van der Waals surface area (Å²) >= 11 is 12.3. The Bertz CT molecular complexity index is 1130. The highest BCUT2D eigenvalue weighted by Gasteiger charge is 2.08. The van der Waals surface area contributed by atoms with Gasteiger partial charge in [0, 0.05) is 25.3 Å². The molecule has 0 bridgehead atoms. The minimum absolute atomic E-state index is 0.178. The third kappa shape index (κ3) is 4.21. The van der Waals surface area contributed by atoms with Gasteiger partial charge in [-0.15, -0.1) is 0 Å². The van der Waals surface area contributed by atoms with Gasteiger partial charge in [0.25, 0.3) is 5.56 Å². The van der Waals surface area contributed by atoms with Crippen LogP contribution < -0.4 is 20.9 Å². The molecule has 0 saturated heterocycles. The van der Waals surface area contributed by atoms with Crippen LogP contribution in [-0.4, -0.2) is 28.8 Å². The highest BCUT2D eigenvalue weighted by molar-refractivity contribution is 6.36. The molecule has 3 aromatic rings. The molecule has 0 fully saturated rings. The van der Waals surface area contributed by atoms with Gasteiger partial charge in [0.15, 0.2) is 0 Å². The summed E-state index contributed by atoms with van der Waals surface area (Å²) in [5.74, 6) is 0.461. The molecule has 0 spiro atoms. The molecule has 7 heteroatoms. The first kappa shape index (κ1) is 19.1. The molecule has 5 nitrogen and oxygen atoms in total. The maximum atomic E-state index is 12.9. The number of aromatic amines is 1. The van der Waals surface area contributed by atoms with Crippen molar-refractivity contribution in [3.8, 4) is 11.4 Å². The van der Waals surface area contributed by atoms with Crippen molar-refractivity contribution >= 4 is 35.7 Å². The van der Waals surface area contributed by atoms with Gasteiger partial charge in [-0.05, 0) is 36.8 Å². The number of benzene rings is 2. The molecule has 0 aliphatic carbocycles. The first-order valence-corrected chi connectivity index (χ1v) is 8.99. The Morgan fingerprint density at radius 1 is 1.11 bits per heavy atom. The van der Waals surface area contributed by atoms with Crippen LogP contribution in [0, 0.1) is 6.92 Å². The molecule has 0 radical (unpaired) electrons. The maximum Gasteiger partial charge on any atom is 0.280 e. The molecule has 1 heterocycles. The van der Waals surface area contributed by atoms with Gasteiger partial charge in [-0.1, -0.05) is 41.4 Å². The average Bonchev–Trinajstić information content (AvgIpc) is 2.93. The fourth-order valence-corrected chi connectivity index (χ4v) is 2.97. The first-order valence-electron chi connectivity index (χ1n) is 8.24. The van der Waals surface area contributed by atoms with E-state index >= 15 is 0 Å². The monoisotopic (exact) mass is 403 g/mol. The van der Waals surface area contributed by atoms with E-state index in [2.05, 4.69) is 5.10 Å². The summed E-state index contributed by atoms with van der Waals surface area (Å²) in [6.45, 7) is 1.87. The molecule has 0 atom stereocenters. The molecule has 0 amide bonds. The molecule has 1 aromatic heterocycles. The number of rotatable bonds is 4. The molecule has 0 unspecified atom stereocenters. The van der Waals surface area contributed by atoms with Gasteiger partial charge >= 0.3 is 0 Å². The maximum absolute atomic E-state index is 12.9. The molecule has 0 saturated carbocycles. The van der Waals surface area contributed by atoms with E-state index in [1.54, 1.807) is 23.2 Å². The minimum Gasteiger partial charge on any atom is -0.461 e. The molecular formula is C20H19Cl2N3O2. The molecule has 2 aromatic carbocycles. The van der Waals surface area contributed by atoms with Crippen molar-refractivity contribution in [3.63, 3.8) is 0 Å². The number of nitrogens with zero attached hydrogens (tertiary/aromatic N) is 2. The summed E-state index contributed by atoms with van der Waals surface area (Å²) < 4.78 is 7.22. The quantitative estimate of drug-likeness (QED) is 0.728. The van der Waals surface area contributed by atoms with Crippen LogP contribution in [0.25, 0.3) is 18.1 Å². The summed E-state index contributed by atoms with van der Waals surface area (Å²) in [7, 11) is 3.70. The minimum atomic E-state index is -0.178. The third-order valence-electron chi connectivity index (χ3n) is 3.87. The van der Waals surface area contributed by atoms with E-state index < -0.39 is 0 Å². The number of hydrogen-bond donors (Lipinski definition) is 1. The van der Waals surface area contributed by atoms with Crippen molar-refractivity contribution in [1.82, 2.24) is 14.7 Å². The summed E-state index contributed by atoms with van der Waals surface area (Å²) in [6, 6.07) is 12.7. The van der Waals surface area contributed by atoms with Gasteiger partial charge in [-0.25, -0.2) is 4.68 Å². The first-order chi connectivity index (χ1) is 12.9. The highest BCUT2D eigenvalue weighted by atomic mass is 35.5. The Hall–Kier alpha value is -2.63. The van der Waals surface area contributed by atoms with E-state index in [-0.39, 0.29) is 5.56 Å². The Morgan fingerprint density at radius 2 is 1.81 bits per heavy atom. The van der Waals surface area contributed by atoms with Gasteiger partial charge < -0.3 is 9.64 Å². The van der Waals surface area contributed by atoms with Crippen LogP contribution in [0.3, 0.4) is 0 Å². The molecule has 1 N–H and O–H groups in total. The topological polar surface area (TPSA) is 50.3 Å². The molecule has 27 heavy (non-hydrogen) atoms. The van der Waals surface area contributed by atoms with Gasteiger partial charge in [0.05, 0.1) is 15.9 Å². The second-order valence-corrected chi connectivity index (χ2v) is 7.09. The Kier molecular flexibility index (Phi) is 5.63. The van der Waals surface area contributed by atoms with Crippen molar-refractivity contribution in [1.29, 1.82) is 0 Å².